The molecule has 0 atom stereocenters. The first kappa shape index (κ1) is 17.3. The van der Waals surface area contributed by atoms with Crippen molar-refractivity contribution in [2.24, 2.45) is 4.99 Å². The van der Waals surface area contributed by atoms with E-state index in [1.165, 1.54) is 23.2 Å². The molecule has 2 heteroatoms. The zero-order valence-electron chi connectivity index (χ0n) is 15.4. The lowest BCUT2D eigenvalue weighted by atomic mass is 9.98. The summed E-state index contributed by atoms with van der Waals surface area (Å²) in [6.07, 6.45) is 4.50. The number of hydrogen-bond donors (Lipinski definition) is 1. The van der Waals surface area contributed by atoms with Crippen molar-refractivity contribution in [3.05, 3.63) is 119 Å². The van der Waals surface area contributed by atoms with Crippen molar-refractivity contribution in [2.75, 3.05) is 6.54 Å². The molecule has 1 heterocycles. The molecule has 0 radical (unpaired) electrons. The van der Waals surface area contributed by atoms with Crippen LogP contribution in [0.25, 0.3) is 0 Å². The van der Waals surface area contributed by atoms with Crippen LogP contribution in [0.5, 0.6) is 0 Å². The summed E-state index contributed by atoms with van der Waals surface area (Å²) in [5.41, 5.74) is 5.86. The molecule has 0 unspecified atom stereocenters. The summed E-state index contributed by atoms with van der Waals surface area (Å²) in [5, 5.41) is 3.49. The fourth-order valence-electron chi connectivity index (χ4n) is 3.46. The highest BCUT2D eigenvalue weighted by Gasteiger charge is 2.15. The Morgan fingerprint density at radius 3 is 1.85 bits per heavy atom. The van der Waals surface area contributed by atoms with Crippen molar-refractivity contribution in [1.29, 1.82) is 0 Å². The molecule has 3 aromatic rings. The topological polar surface area (TPSA) is 24.4 Å². The maximum atomic E-state index is 5.25. The Bertz CT molecular complexity index is 865. The van der Waals surface area contributed by atoms with E-state index in [4.69, 9.17) is 4.99 Å². The molecule has 1 saturated heterocycles. The molecular formula is C25H24N2. The third-order valence-corrected chi connectivity index (χ3v) is 4.85. The van der Waals surface area contributed by atoms with Crippen LogP contribution in [0.2, 0.25) is 0 Å². The zero-order valence-corrected chi connectivity index (χ0v) is 15.4. The predicted molar refractivity (Wildman–Crippen MR) is 113 cm³/mol. The maximum absolute atomic E-state index is 5.25. The number of nitrogens with one attached hydrogen (secondary N) is 1. The van der Waals surface area contributed by atoms with Gasteiger partial charge >= 0.3 is 0 Å². The molecule has 1 aliphatic heterocycles. The van der Waals surface area contributed by atoms with E-state index in [1.54, 1.807) is 0 Å². The third kappa shape index (κ3) is 4.35. The summed E-state index contributed by atoms with van der Waals surface area (Å²) in [4.78, 5) is 5.25. The minimum absolute atomic E-state index is 0.0270. The SMILES string of the molecule is C(/C(=N/C(c1ccccc1)c1ccccc1)c1ccccc1)=C1/CCCN1. The fourth-order valence-corrected chi connectivity index (χ4v) is 3.46. The van der Waals surface area contributed by atoms with Crippen molar-refractivity contribution in [3.8, 4) is 0 Å². The molecule has 1 N–H and O–H groups in total. The van der Waals surface area contributed by atoms with Gasteiger partial charge in [-0.15, -0.1) is 0 Å². The average molecular weight is 352 g/mol. The number of allylic oxidation sites excluding steroid dienone is 2. The van der Waals surface area contributed by atoms with Crippen LogP contribution in [0, 0.1) is 0 Å². The second-order valence-electron chi connectivity index (χ2n) is 6.80. The molecule has 0 aliphatic carbocycles. The Kier molecular flexibility index (Phi) is 5.44. The predicted octanol–water partition coefficient (Wildman–Crippen LogP) is 5.53. The molecule has 134 valence electrons. The minimum Gasteiger partial charge on any atom is -0.388 e. The van der Waals surface area contributed by atoms with Gasteiger partial charge in [0.05, 0.1) is 5.71 Å². The average Bonchev–Trinajstić information content (AvgIpc) is 3.26. The Hall–Kier alpha value is -3.13. The summed E-state index contributed by atoms with van der Waals surface area (Å²) in [7, 11) is 0. The van der Waals surface area contributed by atoms with Gasteiger partial charge in [-0.25, -0.2) is 0 Å². The van der Waals surface area contributed by atoms with Crippen LogP contribution in [-0.4, -0.2) is 12.3 Å². The van der Waals surface area contributed by atoms with Crippen molar-refractivity contribution in [3.63, 3.8) is 0 Å². The Labute approximate surface area is 161 Å². The first-order valence-corrected chi connectivity index (χ1v) is 9.58. The monoisotopic (exact) mass is 352 g/mol. The van der Waals surface area contributed by atoms with E-state index in [2.05, 4.69) is 96.3 Å². The molecule has 1 fully saturated rings. The van der Waals surface area contributed by atoms with Gasteiger partial charge in [-0.3, -0.25) is 4.99 Å². The van der Waals surface area contributed by atoms with Crippen LogP contribution >= 0.6 is 0 Å². The van der Waals surface area contributed by atoms with E-state index in [1.807, 2.05) is 6.07 Å². The maximum Gasteiger partial charge on any atom is 0.101 e. The molecule has 3 aromatic carbocycles. The Morgan fingerprint density at radius 2 is 1.33 bits per heavy atom. The van der Waals surface area contributed by atoms with Crippen LogP contribution in [0.4, 0.5) is 0 Å². The Morgan fingerprint density at radius 1 is 0.778 bits per heavy atom. The molecule has 0 aromatic heterocycles. The zero-order chi connectivity index (χ0) is 18.3. The van der Waals surface area contributed by atoms with E-state index in [0.29, 0.717) is 0 Å². The van der Waals surface area contributed by atoms with Gasteiger partial charge in [0.15, 0.2) is 0 Å². The third-order valence-electron chi connectivity index (χ3n) is 4.85. The molecule has 2 nitrogen and oxygen atoms in total. The van der Waals surface area contributed by atoms with E-state index in [0.717, 1.165) is 24.2 Å². The van der Waals surface area contributed by atoms with Gasteiger partial charge < -0.3 is 5.32 Å². The van der Waals surface area contributed by atoms with Gasteiger partial charge in [0, 0.05) is 12.2 Å². The smallest absolute Gasteiger partial charge is 0.101 e. The fraction of sp³-hybridized carbons (Fsp3) is 0.160. The number of nitrogens with zero attached hydrogens (tertiary/aromatic N) is 1. The van der Waals surface area contributed by atoms with Crippen molar-refractivity contribution >= 4 is 5.71 Å². The highest BCUT2D eigenvalue weighted by molar-refractivity contribution is 6.09. The molecule has 0 bridgehead atoms. The summed E-state index contributed by atoms with van der Waals surface area (Å²) >= 11 is 0. The number of benzene rings is 3. The standard InChI is InChI=1S/C25H24N2/c1-4-11-20(12-5-1)24(19-23-17-10-18-26-23)27-25(21-13-6-2-7-14-21)22-15-8-3-9-16-22/h1-9,11-16,19,25-26H,10,17-18H2/b23-19+,27-24-. The minimum atomic E-state index is -0.0270. The normalized spacial score (nSPS) is 15.9. The summed E-state index contributed by atoms with van der Waals surface area (Å²) in [6, 6.07) is 31.5. The lowest BCUT2D eigenvalue weighted by Crippen LogP contribution is -2.09. The van der Waals surface area contributed by atoms with E-state index >= 15 is 0 Å². The molecule has 0 saturated carbocycles. The number of aliphatic imine (C=N–C) groups is 1. The van der Waals surface area contributed by atoms with Gasteiger partial charge in [0.2, 0.25) is 0 Å². The van der Waals surface area contributed by atoms with E-state index < -0.39 is 0 Å². The summed E-state index contributed by atoms with van der Waals surface area (Å²) in [5.74, 6) is 0. The van der Waals surface area contributed by atoms with Crippen molar-refractivity contribution < 1.29 is 0 Å². The van der Waals surface area contributed by atoms with Gasteiger partial charge in [0.25, 0.3) is 0 Å². The first-order chi connectivity index (χ1) is 13.4. The summed E-state index contributed by atoms with van der Waals surface area (Å²) < 4.78 is 0. The van der Waals surface area contributed by atoms with Gasteiger partial charge in [-0.1, -0.05) is 91.0 Å². The van der Waals surface area contributed by atoms with Crippen LogP contribution in [0.1, 0.15) is 35.6 Å². The van der Waals surface area contributed by atoms with Crippen molar-refractivity contribution in [2.45, 2.75) is 18.9 Å². The van der Waals surface area contributed by atoms with Crippen LogP contribution in [0.15, 0.2) is 108 Å². The highest BCUT2D eigenvalue weighted by Crippen LogP contribution is 2.27. The van der Waals surface area contributed by atoms with Gasteiger partial charge in [0.1, 0.15) is 6.04 Å². The first-order valence-electron chi connectivity index (χ1n) is 9.58. The molecule has 0 amide bonds. The number of rotatable bonds is 5. The van der Waals surface area contributed by atoms with Gasteiger partial charge in [-0.05, 0) is 35.6 Å². The lowest BCUT2D eigenvalue weighted by molar-refractivity contribution is 0.873. The highest BCUT2D eigenvalue weighted by atomic mass is 14.9. The van der Waals surface area contributed by atoms with Gasteiger partial charge in [-0.2, -0.15) is 0 Å². The number of hydrogen-bond acceptors (Lipinski definition) is 2. The second kappa shape index (κ2) is 8.50. The molecule has 0 spiro atoms. The van der Waals surface area contributed by atoms with Crippen LogP contribution in [-0.2, 0) is 0 Å². The Balaban J connectivity index is 1.82. The molecule has 1 aliphatic rings. The quantitative estimate of drug-likeness (QED) is 0.600. The van der Waals surface area contributed by atoms with Crippen molar-refractivity contribution in [1.82, 2.24) is 5.32 Å². The summed E-state index contributed by atoms with van der Waals surface area (Å²) in [6.45, 7) is 1.05. The molecule has 4 rings (SSSR count). The van der Waals surface area contributed by atoms with E-state index in [9.17, 15) is 0 Å². The van der Waals surface area contributed by atoms with Crippen LogP contribution < -0.4 is 5.32 Å². The van der Waals surface area contributed by atoms with Crippen LogP contribution in [0.3, 0.4) is 0 Å². The van der Waals surface area contributed by atoms with E-state index in [-0.39, 0.29) is 6.04 Å². The lowest BCUT2D eigenvalue weighted by Gasteiger charge is -2.16. The molecular weight excluding hydrogens is 328 g/mol. The molecule has 27 heavy (non-hydrogen) atoms. The largest absolute Gasteiger partial charge is 0.388 e. The second-order valence-corrected chi connectivity index (χ2v) is 6.80.